The maximum Gasteiger partial charge on any atom is 0.192 e. The number of hydrogen-bond donors (Lipinski definition) is 1. The van der Waals surface area contributed by atoms with Crippen LogP contribution in [0.3, 0.4) is 0 Å². The molecule has 7 heteroatoms. The molecule has 2 aliphatic heterocycles. The third kappa shape index (κ3) is 2.77. The average Bonchev–Trinajstić information content (AvgIpc) is 3.06. The number of guanidine groups is 1. The van der Waals surface area contributed by atoms with Crippen LogP contribution in [0.15, 0.2) is 15.5 Å². The second kappa shape index (κ2) is 5.60. The smallest absolute Gasteiger partial charge is 0.192 e. The summed E-state index contributed by atoms with van der Waals surface area (Å²) in [6.45, 7) is 2.37. The first-order chi connectivity index (χ1) is 9.15. The van der Waals surface area contributed by atoms with Gasteiger partial charge < -0.3 is 15.4 Å². The second-order valence-corrected chi connectivity index (χ2v) is 7.31. The van der Waals surface area contributed by atoms with E-state index in [0.29, 0.717) is 12.5 Å². The van der Waals surface area contributed by atoms with Crippen molar-refractivity contribution in [3.8, 4) is 0 Å². The molecular weight excluding hydrogens is 350 g/mol. The summed E-state index contributed by atoms with van der Waals surface area (Å²) < 4.78 is 7.41. The number of aliphatic imine (C=N–C) groups is 1. The minimum atomic E-state index is 0.193. The Bertz CT molecular complexity index is 482. The van der Waals surface area contributed by atoms with Crippen molar-refractivity contribution in [3.05, 3.63) is 19.8 Å². The van der Waals surface area contributed by atoms with Gasteiger partial charge in [-0.2, -0.15) is 0 Å². The molecule has 4 nitrogen and oxygen atoms in total. The first-order valence-corrected chi connectivity index (χ1v) is 8.27. The van der Waals surface area contributed by atoms with Gasteiger partial charge in [-0.05, 0) is 34.8 Å². The molecule has 0 aromatic carbocycles. The zero-order chi connectivity index (χ0) is 13.4. The molecular formula is C12H15BrClN3OS. The van der Waals surface area contributed by atoms with E-state index in [1.807, 2.05) is 0 Å². The molecule has 3 rings (SSSR count). The molecule has 1 saturated heterocycles. The number of rotatable bonds is 3. The molecule has 1 aromatic heterocycles. The maximum atomic E-state index is 6.12. The molecule has 19 heavy (non-hydrogen) atoms. The molecule has 104 valence electrons. The monoisotopic (exact) mass is 363 g/mol. The lowest BCUT2D eigenvalue weighted by Crippen LogP contribution is -2.40. The Labute approximate surface area is 129 Å². The van der Waals surface area contributed by atoms with Crippen molar-refractivity contribution in [1.29, 1.82) is 0 Å². The van der Waals surface area contributed by atoms with Crippen LogP contribution in [-0.4, -0.2) is 36.7 Å². The number of nitrogens with zero attached hydrogens (tertiary/aromatic N) is 2. The molecule has 0 radical (unpaired) electrons. The van der Waals surface area contributed by atoms with Crippen LogP contribution in [0.5, 0.6) is 0 Å². The topological polar surface area (TPSA) is 50.8 Å². The lowest BCUT2D eigenvalue weighted by molar-refractivity contribution is 0.0856. The van der Waals surface area contributed by atoms with Crippen LogP contribution in [0.25, 0.3) is 0 Å². The molecule has 0 saturated carbocycles. The molecule has 2 N–H and O–H groups in total. The molecule has 0 bridgehead atoms. The number of hydrogen-bond acceptors (Lipinski definition) is 5. The molecule has 2 unspecified atom stereocenters. The van der Waals surface area contributed by atoms with Crippen LogP contribution in [0.1, 0.15) is 23.8 Å². The highest BCUT2D eigenvalue weighted by Gasteiger charge is 2.32. The van der Waals surface area contributed by atoms with Gasteiger partial charge in [0, 0.05) is 22.5 Å². The van der Waals surface area contributed by atoms with Gasteiger partial charge in [-0.15, -0.1) is 11.3 Å². The molecule has 0 aliphatic carbocycles. The van der Waals surface area contributed by atoms with E-state index in [0.717, 1.165) is 34.8 Å². The predicted octanol–water partition coefficient (Wildman–Crippen LogP) is 3.01. The van der Waals surface area contributed by atoms with Crippen molar-refractivity contribution in [3.63, 3.8) is 0 Å². The average molecular weight is 365 g/mol. The highest BCUT2D eigenvalue weighted by atomic mass is 79.9. The maximum absolute atomic E-state index is 6.12. The minimum Gasteiger partial charge on any atom is -0.376 e. The standard InChI is InChI=1S/C12H15BrClN3OS/c13-8-4-10(19-11(8)14)9-5-16-12(15)17(9)6-7-2-1-3-18-7/h4,7,9H,1-3,5-6H2,(H2,15,16). The molecule has 1 fully saturated rings. The van der Waals surface area contributed by atoms with E-state index in [1.165, 1.54) is 4.88 Å². The summed E-state index contributed by atoms with van der Waals surface area (Å²) in [4.78, 5) is 7.71. The van der Waals surface area contributed by atoms with E-state index in [9.17, 15) is 0 Å². The number of thiophene rings is 1. The first kappa shape index (κ1) is 13.7. The fourth-order valence-electron chi connectivity index (χ4n) is 2.53. The molecule has 0 spiro atoms. The van der Waals surface area contributed by atoms with Gasteiger partial charge in [0.25, 0.3) is 0 Å². The van der Waals surface area contributed by atoms with Crippen LogP contribution in [0, 0.1) is 0 Å². The van der Waals surface area contributed by atoms with Gasteiger partial charge in [0.15, 0.2) is 5.96 Å². The van der Waals surface area contributed by atoms with Crippen molar-refractivity contribution in [2.45, 2.75) is 25.0 Å². The van der Waals surface area contributed by atoms with E-state index in [2.05, 4.69) is 31.9 Å². The summed E-state index contributed by atoms with van der Waals surface area (Å²) in [6, 6.07) is 2.26. The van der Waals surface area contributed by atoms with Gasteiger partial charge in [0.05, 0.1) is 18.7 Å². The van der Waals surface area contributed by atoms with Gasteiger partial charge in [0.1, 0.15) is 4.34 Å². The second-order valence-electron chi connectivity index (χ2n) is 4.77. The summed E-state index contributed by atoms with van der Waals surface area (Å²) >= 11 is 11.2. The lowest BCUT2D eigenvalue weighted by atomic mass is 10.2. The highest BCUT2D eigenvalue weighted by molar-refractivity contribution is 9.10. The fourth-order valence-corrected chi connectivity index (χ4v) is 4.37. The fraction of sp³-hybridized carbons (Fsp3) is 0.583. The Morgan fingerprint density at radius 1 is 1.63 bits per heavy atom. The van der Waals surface area contributed by atoms with E-state index in [1.54, 1.807) is 11.3 Å². The quantitative estimate of drug-likeness (QED) is 0.897. The summed E-state index contributed by atoms with van der Waals surface area (Å²) in [6.07, 6.45) is 2.51. The zero-order valence-electron chi connectivity index (χ0n) is 10.3. The number of halogens is 2. The molecule has 1 aromatic rings. The van der Waals surface area contributed by atoms with Gasteiger partial charge >= 0.3 is 0 Å². The van der Waals surface area contributed by atoms with Crippen LogP contribution in [0.4, 0.5) is 0 Å². The molecule has 0 amide bonds. The zero-order valence-corrected chi connectivity index (χ0v) is 13.5. The first-order valence-electron chi connectivity index (χ1n) is 6.28. The van der Waals surface area contributed by atoms with Gasteiger partial charge in [-0.1, -0.05) is 11.6 Å². The van der Waals surface area contributed by atoms with Gasteiger partial charge in [-0.3, -0.25) is 4.99 Å². The van der Waals surface area contributed by atoms with E-state index in [-0.39, 0.29) is 12.1 Å². The Morgan fingerprint density at radius 3 is 3.11 bits per heavy atom. The lowest BCUT2D eigenvalue weighted by Gasteiger charge is -2.27. The van der Waals surface area contributed by atoms with Crippen LogP contribution in [-0.2, 0) is 4.74 Å². The third-order valence-corrected chi connectivity index (χ3v) is 6.09. The van der Waals surface area contributed by atoms with Crippen molar-refractivity contribution >= 4 is 44.8 Å². The van der Waals surface area contributed by atoms with Gasteiger partial charge in [0.2, 0.25) is 0 Å². The normalized spacial score (nSPS) is 27.1. The van der Waals surface area contributed by atoms with E-state index < -0.39 is 0 Å². The van der Waals surface area contributed by atoms with Crippen molar-refractivity contribution in [2.75, 3.05) is 19.7 Å². The number of nitrogens with two attached hydrogens (primary N) is 1. The Morgan fingerprint density at radius 2 is 2.47 bits per heavy atom. The van der Waals surface area contributed by atoms with Crippen LogP contribution < -0.4 is 5.73 Å². The van der Waals surface area contributed by atoms with E-state index >= 15 is 0 Å². The predicted molar refractivity (Wildman–Crippen MR) is 81.9 cm³/mol. The van der Waals surface area contributed by atoms with Crippen molar-refractivity contribution in [2.24, 2.45) is 10.7 Å². The Balaban J connectivity index is 1.76. The summed E-state index contributed by atoms with van der Waals surface area (Å²) in [5.41, 5.74) is 6.01. The van der Waals surface area contributed by atoms with Gasteiger partial charge in [-0.25, -0.2) is 0 Å². The summed E-state index contributed by atoms with van der Waals surface area (Å²) in [5, 5.41) is 0. The van der Waals surface area contributed by atoms with Crippen LogP contribution in [0.2, 0.25) is 4.34 Å². The largest absolute Gasteiger partial charge is 0.376 e. The van der Waals surface area contributed by atoms with Crippen LogP contribution >= 0.6 is 38.9 Å². The van der Waals surface area contributed by atoms with Crippen molar-refractivity contribution in [1.82, 2.24) is 4.90 Å². The Kier molecular flexibility index (Phi) is 4.03. The molecule has 2 aliphatic rings. The van der Waals surface area contributed by atoms with E-state index in [4.69, 9.17) is 22.1 Å². The third-order valence-electron chi connectivity index (χ3n) is 3.51. The number of ether oxygens (including phenoxy) is 1. The summed E-state index contributed by atoms with van der Waals surface area (Å²) in [5.74, 6) is 0.612. The summed E-state index contributed by atoms with van der Waals surface area (Å²) in [7, 11) is 0. The highest BCUT2D eigenvalue weighted by Crippen LogP contribution is 2.38. The Hall–Kier alpha value is -0.300. The SMILES string of the molecule is NC1=NCC(c2cc(Br)c(Cl)s2)N1CC1CCCO1. The molecule has 2 atom stereocenters. The minimum absolute atomic E-state index is 0.193. The van der Waals surface area contributed by atoms with Crippen molar-refractivity contribution < 1.29 is 4.74 Å². The molecule has 3 heterocycles.